The van der Waals surface area contributed by atoms with Crippen LogP contribution in [-0.2, 0) is 6.18 Å². The SMILES string of the molecule is CCCC1CCC(COc2ccc(C(=O)CCCC3CCC(C4CCC(CCC)CC4)CC3)c(C(F)(F)F)c2F)CC1. The van der Waals surface area contributed by atoms with E-state index >= 15 is 4.39 Å². The Morgan fingerprint density at radius 3 is 1.71 bits per heavy atom. The minimum Gasteiger partial charge on any atom is -0.490 e. The zero-order chi connectivity index (χ0) is 30.1. The summed E-state index contributed by atoms with van der Waals surface area (Å²) in [5.74, 6) is 1.61. The van der Waals surface area contributed by atoms with Crippen LogP contribution in [0.2, 0.25) is 0 Å². The van der Waals surface area contributed by atoms with Gasteiger partial charge in [0, 0.05) is 12.0 Å². The Morgan fingerprint density at radius 1 is 0.738 bits per heavy atom. The van der Waals surface area contributed by atoms with Gasteiger partial charge in [-0.15, -0.1) is 0 Å². The molecule has 0 heterocycles. The maximum absolute atomic E-state index is 15.2. The van der Waals surface area contributed by atoms with E-state index in [2.05, 4.69) is 13.8 Å². The van der Waals surface area contributed by atoms with Gasteiger partial charge in [0.05, 0.1) is 6.61 Å². The molecule has 238 valence electrons. The predicted octanol–water partition coefficient (Wildman–Crippen LogP) is 11.6. The van der Waals surface area contributed by atoms with Gasteiger partial charge >= 0.3 is 6.18 Å². The molecule has 0 atom stereocenters. The number of alkyl halides is 3. The van der Waals surface area contributed by atoms with Crippen LogP contribution in [0.15, 0.2) is 12.1 Å². The fourth-order valence-corrected chi connectivity index (χ4v) is 8.47. The Morgan fingerprint density at radius 2 is 1.21 bits per heavy atom. The fraction of sp³-hybridized carbons (Fsp3) is 0.806. The predicted molar refractivity (Wildman–Crippen MR) is 161 cm³/mol. The summed E-state index contributed by atoms with van der Waals surface area (Å²) in [7, 11) is 0. The first-order valence-electron chi connectivity index (χ1n) is 17.2. The van der Waals surface area contributed by atoms with Crippen LogP contribution in [0.25, 0.3) is 0 Å². The van der Waals surface area contributed by atoms with Crippen LogP contribution in [0.5, 0.6) is 5.75 Å². The highest BCUT2D eigenvalue weighted by Gasteiger charge is 2.40. The zero-order valence-electron chi connectivity index (χ0n) is 26.1. The van der Waals surface area contributed by atoms with Gasteiger partial charge in [-0.05, 0) is 92.6 Å². The van der Waals surface area contributed by atoms with Crippen molar-refractivity contribution in [2.45, 2.75) is 142 Å². The van der Waals surface area contributed by atoms with E-state index in [9.17, 15) is 18.0 Å². The summed E-state index contributed by atoms with van der Waals surface area (Å²) in [4.78, 5) is 12.9. The lowest BCUT2D eigenvalue weighted by Gasteiger charge is -2.38. The Hall–Kier alpha value is -1.59. The lowest BCUT2D eigenvalue weighted by Crippen LogP contribution is -2.26. The van der Waals surface area contributed by atoms with Crippen molar-refractivity contribution in [3.63, 3.8) is 0 Å². The molecule has 3 aliphatic carbocycles. The molecule has 3 aliphatic rings. The van der Waals surface area contributed by atoms with E-state index in [4.69, 9.17) is 4.74 Å². The molecule has 1 aromatic carbocycles. The summed E-state index contributed by atoms with van der Waals surface area (Å²) < 4.78 is 62.7. The van der Waals surface area contributed by atoms with Crippen LogP contribution in [0.3, 0.4) is 0 Å². The normalized spacial score (nSPS) is 28.9. The summed E-state index contributed by atoms with van der Waals surface area (Å²) in [5.41, 5.74) is -2.03. The molecule has 0 saturated heterocycles. The van der Waals surface area contributed by atoms with Crippen molar-refractivity contribution in [1.29, 1.82) is 0 Å². The van der Waals surface area contributed by atoms with Gasteiger partial charge in [-0.3, -0.25) is 4.79 Å². The van der Waals surface area contributed by atoms with Gasteiger partial charge in [0.1, 0.15) is 5.56 Å². The second-order valence-corrected chi connectivity index (χ2v) is 14.0. The molecule has 0 bridgehead atoms. The summed E-state index contributed by atoms with van der Waals surface area (Å²) in [5, 5.41) is 0. The zero-order valence-corrected chi connectivity index (χ0v) is 26.1. The molecule has 0 spiro atoms. The number of halogens is 4. The number of ketones is 1. The number of ether oxygens (including phenoxy) is 1. The van der Waals surface area contributed by atoms with Crippen LogP contribution >= 0.6 is 0 Å². The molecule has 3 fully saturated rings. The summed E-state index contributed by atoms with van der Waals surface area (Å²) >= 11 is 0. The molecule has 0 unspecified atom stereocenters. The minimum atomic E-state index is -4.96. The molecule has 0 aliphatic heterocycles. The number of carbonyl (C=O) groups excluding carboxylic acids is 1. The average Bonchev–Trinajstić information content (AvgIpc) is 2.97. The number of hydrogen-bond acceptors (Lipinski definition) is 2. The minimum absolute atomic E-state index is 0.0189. The standard InChI is InChI=1S/C36H54F4O2/c1-3-6-25-10-12-28(13-11-25)24-42-33-23-22-31(34(35(33)37)36(38,39)40)32(41)9-5-8-27-16-20-30(21-17-27)29-18-14-26(7-4-2)15-19-29/h22-23,25-30H,3-21,24H2,1-2H3. The topological polar surface area (TPSA) is 26.3 Å². The largest absolute Gasteiger partial charge is 0.490 e. The van der Waals surface area contributed by atoms with E-state index in [0.717, 1.165) is 75.2 Å². The van der Waals surface area contributed by atoms with Gasteiger partial charge in [0.2, 0.25) is 0 Å². The van der Waals surface area contributed by atoms with Crippen molar-refractivity contribution in [2.75, 3.05) is 6.61 Å². The highest BCUT2D eigenvalue weighted by atomic mass is 19.4. The van der Waals surface area contributed by atoms with E-state index < -0.39 is 34.7 Å². The van der Waals surface area contributed by atoms with Gasteiger partial charge in [0.15, 0.2) is 17.3 Å². The molecule has 4 rings (SSSR count). The molecule has 1 aromatic rings. The Bertz CT molecular complexity index is 965. The van der Waals surface area contributed by atoms with Crippen LogP contribution in [-0.4, -0.2) is 12.4 Å². The van der Waals surface area contributed by atoms with Gasteiger partial charge < -0.3 is 4.74 Å². The van der Waals surface area contributed by atoms with Crippen LogP contribution in [0, 0.1) is 41.3 Å². The molecular formula is C36H54F4O2. The molecule has 0 aromatic heterocycles. The lowest BCUT2D eigenvalue weighted by molar-refractivity contribution is -0.140. The quantitative estimate of drug-likeness (QED) is 0.168. The smallest absolute Gasteiger partial charge is 0.420 e. The monoisotopic (exact) mass is 594 g/mol. The number of Topliss-reactive ketones (excluding diaryl/α,β-unsaturated/α-hetero) is 1. The third kappa shape index (κ3) is 9.21. The van der Waals surface area contributed by atoms with Gasteiger partial charge in [0.25, 0.3) is 0 Å². The lowest BCUT2D eigenvalue weighted by atomic mass is 9.68. The van der Waals surface area contributed by atoms with Crippen molar-refractivity contribution in [2.24, 2.45) is 35.5 Å². The fourth-order valence-electron chi connectivity index (χ4n) is 8.47. The van der Waals surface area contributed by atoms with Crippen LogP contribution < -0.4 is 4.74 Å². The van der Waals surface area contributed by atoms with Crippen LogP contribution in [0.4, 0.5) is 17.6 Å². The number of benzene rings is 1. The van der Waals surface area contributed by atoms with Gasteiger partial charge in [-0.25, -0.2) is 4.39 Å². The molecule has 0 amide bonds. The first-order chi connectivity index (χ1) is 20.2. The molecular weight excluding hydrogens is 540 g/mol. The molecule has 0 radical (unpaired) electrons. The van der Waals surface area contributed by atoms with E-state index in [1.54, 1.807) is 0 Å². The Kier molecular flexibility index (Phi) is 12.6. The molecule has 3 saturated carbocycles. The van der Waals surface area contributed by atoms with Crippen molar-refractivity contribution in [3.8, 4) is 5.75 Å². The molecule has 2 nitrogen and oxygen atoms in total. The molecule has 42 heavy (non-hydrogen) atoms. The van der Waals surface area contributed by atoms with E-state index in [1.807, 2.05) is 0 Å². The van der Waals surface area contributed by atoms with Gasteiger partial charge in [-0.2, -0.15) is 13.2 Å². The summed E-state index contributed by atoms with van der Waals surface area (Å²) in [6.07, 6.45) is 15.9. The van der Waals surface area contributed by atoms with E-state index in [1.165, 1.54) is 63.9 Å². The third-order valence-corrected chi connectivity index (χ3v) is 11.0. The van der Waals surface area contributed by atoms with Crippen molar-refractivity contribution in [1.82, 2.24) is 0 Å². The third-order valence-electron chi connectivity index (χ3n) is 11.0. The van der Waals surface area contributed by atoms with Crippen molar-refractivity contribution >= 4 is 5.78 Å². The van der Waals surface area contributed by atoms with Crippen molar-refractivity contribution in [3.05, 3.63) is 29.1 Å². The molecule has 0 N–H and O–H groups in total. The average molecular weight is 595 g/mol. The van der Waals surface area contributed by atoms with E-state index in [-0.39, 0.29) is 18.9 Å². The number of rotatable bonds is 13. The maximum Gasteiger partial charge on any atom is 0.420 e. The first-order valence-corrected chi connectivity index (χ1v) is 17.2. The Balaban J connectivity index is 1.24. The van der Waals surface area contributed by atoms with Crippen LogP contribution in [0.1, 0.15) is 152 Å². The maximum atomic E-state index is 15.2. The summed E-state index contributed by atoms with van der Waals surface area (Å²) in [6, 6.07) is 2.35. The highest BCUT2D eigenvalue weighted by Crippen LogP contribution is 2.43. The van der Waals surface area contributed by atoms with Crippen molar-refractivity contribution < 1.29 is 27.1 Å². The van der Waals surface area contributed by atoms with Gasteiger partial charge in [-0.1, -0.05) is 84.5 Å². The Labute approximate surface area is 251 Å². The first kappa shape index (κ1) is 33.3. The highest BCUT2D eigenvalue weighted by molar-refractivity contribution is 5.97. The number of hydrogen-bond donors (Lipinski definition) is 0. The number of carbonyl (C=O) groups is 1. The second kappa shape index (κ2) is 15.9. The second-order valence-electron chi connectivity index (χ2n) is 14.0. The molecule has 6 heteroatoms. The van der Waals surface area contributed by atoms with E-state index in [0.29, 0.717) is 18.3 Å². The summed E-state index contributed by atoms with van der Waals surface area (Å²) in [6.45, 7) is 4.66.